The molecular weight excluding hydrogens is 453 g/mol. The van der Waals surface area contributed by atoms with E-state index in [9.17, 15) is 0 Å². The molecule has 160 valence electrons. The number of hydrogen-bond donors (Lipinski definition) is 2. The normalized spacial score (nSPS) is 26.5. The second-order valence-corrected chi connectivity index (χ2v) is 8.57. The first kappa shape index (κ1) is 24.9. The smallest absolute Gasteiger partial charge is 0.191 e. The van der Waals surface area contributed by atoms with Crippen LogP contribution in [0.2, 0.25) is 0 Å². The Bertz CT molecular complexity index is 435. The first-order valence-corrected chi connectivity index (χ1v) is 10.5. The molecule has 0 aromatic heterocycles. The third-order valence-electron chi connectivity index (χ3n) is 5.44. The molecule has 2 rings (SSSR count). The topological polar surface area (TPSA) is 52.1 Å². The molecule has 2 aliphatic rings. The number of rotatable bonds is 7. The number of guanidine groups is 1. The standard InChI is InChI=1S/C20H41N5O.HI/c1-16(2)13-24-9-10-26-19(15-24)12-23-20(21-5)22-11-18(4)25-8-6-7-17(3)14-25;/h16-19H,6-15H2,1-5H3,(H2,21,22,23);1H. The highest BCUT2D eigenvalue weighted by atomic mass is 127. The van der Waals surface area contributed by atoms with Crippen LogP contribution in [0.15, 0.2) is 4.99 Å². The predicted molar refractivity (Wildman–Crippen MR) is 125 cm³/mol. The molecule has 0 saturated carbocycles. The Morgan fingerprint density at radius 3 is 2.63 bits per heavy atom. The molecule has 6 nitrogen and oxygen atoms in total. The third-order valence-corrected chi connectivity index (χ3v) is 5.44. The van der Waals surface area contributed by atoms with Crippen LogP contribution in [0, 0.1) is 11.8 Å². The van der Waals surface area contributed by atoms with E-state index in [0.717, 1.165) is 51.2 Å². The molecule has 2 fully saturated rings. The lowest BCUT2D eigenvalue weighted by Crippen LogP contribution is -2.52. The minimum atomic E-state index is 0. The van der Waals surface area contributed by atoms with Crippen LogP contribution in [0.5, 0.6) is 0 Å². The van der Waals surface area contributed by atoms with Crippen molar-refractivity contribution < 1.29 is 4.74 Å². The number of ether oxygens (including phenoxy) is 1. The van der Waals surface area contributed by atoms with Gasteiger partial charge in [0, 0.05) is 52.4 Å². The highest BCUT2D eigenvalue weighted by molar-refractivity contribution is 14.0. The number of halogens is 1. The van der Waals surface area contributed by atoms with E-state index in [2.05, 4.69) is 53.1 Å². The number of piperidine rings is 1. The number of nitrogens with zero attached hydrogens (tertiary/aromatic N) is 3. The summed E-state index contributed by atoms with van der Waals surface area (Å²) in [5.41, 5.74) is 0. The molecule has 2 N–H and O–H groups in total. The highest BCUT2D eigenvalue weighted by Gasteiger charge is 2.22. The van der Waals surface area contributed by atoms with Gasteiger partial charge in [0.15, 0.2) is 5.96 Å². The van der Waals surface area contributed by atoms with E-state index in [-0.39, 0.29) is 30.1 Å². The van der Waals surface area contributed by atoms with Crippen molar-refractivity contribution in [1.82, 2.24) is 20.4 Å². The van der Waals surface area contributed by atoms with E-state index in [0.29, 0.717) is 12.0 Å². The number of likely N-dealkylation sites (tertiary alicyclic amines) is 1. The molecule has 0 radical (unpaired) electrons. The summed E-state index contributed by atoms with van der Waals surface area (Å²) in [6.45, 7) is 17.4. The number of morpholine rings is 1. The van der Waals surface area contributed by atoms with Gasteiger partial charge in [0.05, 0.1) is 12.7 Å². The summed E-state index contributed by atoms with van der Waals surface area (Å²) in [5.74, 6) is 2.41. The van der Waals surface area contributed by atoms with E-state index >= 15 is 0 Å². The second kappa shape index (κ2) is 13.2. The highest BCUT2D eigenvalue weighted by Crippen LogP contribution is 2.17. The molecule has 2 saturated heterocycles. The number of nitrogens with one attached hydrogen (secondary N) is 2. The molecule has 27 heavy (non-hydrogen) atoms. The van der Waals surface area contributed by atoms with Crippen LogP contribution >= 0.6 is 24.0 Å². The van der Waals surface area contributed by atoms with Gasteiger partial charge in [-0.25, -0.2) is 0 Å². The predicted octanol–water partition coefficient (Wildman–Crippen LogP) is 2.25. The molecule has 0 aromatic rings. The summed E-state index contributed by atoms with van der Waals surface area (Å²) in [6, 6.07) is 0.531. The van der Waals surface area contributed by atoms with Crippen LogP contribution in [0.3, 0.4) is 0 Å². The molecule has 0 aromatic carbocycles. The zero-order valence-corrected chi connectivity index (χ0v) is 20.4. The van der Waals surface area contributed by atoms with Crippen molar-refractivity contribution in [1.29, 1.82) is 0 Å². The Balaban J connectivity index is 0.00000364. The summed E-state index contributed by atoms with van der Waals surface area (Å²) >= 11 is 0. The van der Waals surface area contributed by atoms with Crippen LogP contribution in [-0.2, 0) is 4.74 Å². The van der Waals surface area contributed by atoms with E-state index in [1.54, 1.807) is 0 Å². The van der Waals surface area contributed by atoms with Crippen molar-refractivity contribution in [3.8, 4) is 0 Å². The molecule has 7 heteroatoms. The quantitative estimate of drug-likeness (QED) is 0.323. The largest absolute Gasteiger partial charge is 0.374 e. The zero-order valence-electron chi connectivity index (χ0n) is 18.0. The van der Waals surface area contributed by atoms with E-state index < -0.39 is 0 Å². The van der Waals surface area contributed by atoms with Gasteiger partial charge in [-0.2, -0.15) is 0 Å². The molecular formula is C20H42IN5O. The Hall–Kier alpha value is -0.120. The van der Waals surface area contributed by atoms with Gasteiger partial charge in [0.2, 0.25) is 0 Å². The van der Waals surface area contributed by atoms with Crippen molar-refractivity contribution in [2.45, 2.75) is 52.7 Å². The fourth-order valence-corrected chi connectivity index (χ4v) is 4.02. The molecule has 3 unspecified atom stereocenters. The van der Waals surface area contributed by atoms with E-state index in [1.165, 1.54) is 25.9 Å². The van der Waals surface area contributed by atoms with Gasteiger partial charge in [-0.15, -0.1) is 24.0 Å². The first-order chi connectivity index (χ1) is 12.5. The van der Waals surface area contributed by atoms with Crippen molar-refractivity contribution in [3.63, 3.8) is 0 Å². The van der Waals surface area contributed by atoms with Gasteiger partial charge in [-0.1, -0.05) is 20.8 Å². The van der Waals surface area contributed by atoms with Gasteiger partial charge < -0.3 is 15.4 Å². The summed E-state index contributed by atoms with van der Waals surface area (Å²) < 4.78 is 5.92. The average molecular weight is 495 g/mol. The van der Waals surface area contributed by atoms with Crippen LogP contribution < -0.4 is 10.6 Å². The molecule has 3 atom stereocenters. The Morgan fingerprint density at radius 2 is 1.96 bits per heavy atom. The molecule has 0 amide bonds. The molecule has 2 aliphatic heterocycles. The summed E-state index contributed by atoms with van der Waals surface area (Å²) in [7, 11) is 1.84. The van der Waals surface area contributed by atoms with Gasteiger partial charge in [0.25, 0.3) is 0 Å². The van der Waals surface area contributed by atoms with Crippen LogP contribution in [0.4, 0.5) is 0 Å². The van der Waals surface area contributed by atoms with Crippen LogP contribution in [0.1, 0.15) is 40.5 Å². The molecule has 0 spiro atoms. The van der Waals surface area contributed by atoms with Crippen molar-refractivity contribution in [2.75, 3.05) is 59.5 Å². The summed E-state index contributed by atoms with van der Waals surface area (Å²) in [5, 5.41) is 6.94. The summed E-state index contributed by atoms with van der Waals surface area (Å²) in [4.78, 5) is 9.49. The second-order valence-electron chi connectivity index (χ2n) is 8.57. The Morgan fingerprint density at radius 1 is 1.19 bits per heavy atom. The lowest BCUT2D eigenvalue weighted by atomic mass is 9.99. The van der Waals surface area contributed by atoms with Crippen molar-refractivity contribution >= 4 is 29.9 Å². The average Bonchev–Trinajstić information content (AvgIpc) is 2.61. The molecule has 0 bridgehead atoms. The van der Waals surface area contributed by atoms with Crippen LogP contribution in [0.25, 0.3) is 0 Å². The summed E-state index contributed by atoms with van der Waals surface area (Å²) in [6.07, 6.45) is 2.93. The van der Waals surface area contributed by atoms with Crippen molar-refractivity contribution in [2.24, 2.45) is 16.8 Å². The Kier molecular flexibility index (Phi) is 12.2. The monoisotopic (exact) mass is 495 g/mol. The molecule has 0 aliphatic carbocycles. The zero-order chi connectivity index (χ0) is 18.9. The lowest BCUT2D eigenvalue weighted by Gasteiger charge is -2.36. The van der Waals surface area contributed by atoms with Gasteiger partial charge in [-0.05, 0) is 38.1 Å². The number of aliphatic imine (C=N–C) groups is 1. The van der Waals surface area contributed by atoms with Crippen LogP contribution in [-0.4, -0.2) is 87.4 Å². The van der Waals surface area contributed by atoms with Crippen molar-refractivity contribution in [3.05, 3.63) is 0 Å². The Labute approximate surface area is 183 Å². The SMILES string of the molecule is CN=C(NCC1CN(CC(C)C)CCO1)NCC(C)N1CCCC(C)C1.I. The van der Waals surface area contributed by atoms with Gasteiger partial charge in [0.1, 0.15) is 0 Å². The first-order valence-electron chi connectivity index (χ1n) is 10.5. The maximum absolute atomic E-state index is 5.92. The maximum Gasteiger partial charge on any atom is 0.191 e. The number of hydrogen-bond acceptors (Lipinski definition) is 4. The fraction of sp³-hybridized carbons (Fsp3) is 0.950. The molecule has 2 heterocycles. The van der Waals surface area contributed by atoms with E-state index in [1.807, 2.05) is 7.05 Å². The minimum absolute atomic E-state index is 0. The van der Waals surface area contributed by atoms with E-state index in [4.69, 9.17) is 4.74 Å². The lowest BCUT2D eigenvalue weighted by molar-refractivity contribution is -0.0284. The fourth-order valence-electron chi connectivity index (χ4n) is 4.02. The van der Waals surface area contributed by atoms with Gasteiger partial charge >= 0.3 is 0 Å². The van der Waals surface area contributed by atoms with Gasteiger partial charge in [-0.3, -0.25) is 14.8 Å². The maximum atomic E-state index is 5.92. The minimum Gasteiger partial charge on any atom is -0.374 e. The third kappa shape index (κ3) is 9.28.